The molecule has 3 heteroatoms. The lowest BCUT2D eigenvalue weighted by molar-refractivity contribution is 0.0952. The maximum absolute atomic E-state index is 12.1. The maximum Gasteiger partial charge on any atom is 0.251 e. The zero-order valence-electron chi connectivity index (χ0n) is 13.6. The lowest BCUT2D eigenvalue weighted by Gasteiger charge is -2.12. The molecule has 1 amide bonds. The number of carbonyl (C=O) groups is 1. The molecule has 3 nitrogen and oxygen atoms in total. The number of amides is 1. The largest absolute Gasteiger partial charge is 0.378 e. The van der Waals surface area contributed by atoms with E-state index in [9.17, 15) is 4.79 Å². The Bertz CT molecular complexity index is 618. The molecular weight excluding hydrogens is 272 g/mol. The monoisotopic (exact) mass is 296 g/mol. The summed E-state index contributed by atoms with van der Waals surface area (Å²) >= 11 is 0. The van der Waals surface area contributed by atoms with Crippen molar-refractivity contribution in [3.05, 3.63) is 65.2 Å². The second-order valence-corrected chi connectivity index (χ2v) is 5.74. The molecule has 2 aromatic rings. The Morgan fingerprint density at radius 1 is 1.05 bits per heavy atom. The SMILES string of the molecule is Cc1ccccc1C(=O)NCCCc1ccc(N(C)C)cc1. The van der Waals surface area contributed by atoms with Crippen molar-refractivity contribution < 1.29 is 4.79 Å². The van der Waals surface area contributed by atoms with Crippen molar-refractivity contribution in [3.63, 3.8) is 0 Å². The number of benzene rings is 2. The molecule has 0 spiro atoms. The molecule has 0 unspecified atom stereocenters. The third-order valence-corrected chi connectivity index (χ3v) is 3.77. The molecule has 0 saturated carbocycles. The van der Waals surface area contributed by atoms with E-state index in [1.54, 1.807) is 0 Å². The van der Waals surface area contributed by atoms with Crippen LogP contribution in [0, 0.1) is 6.92 Å². The van der Waals surface area contributed by atoms with E-state index in [2.05, 4.69) is 34.5 Å². The van der Waals surface area contributed by atoms with Crippen molar-refractivity contribution in [1.82, 2.24) is 5.32 Å². The van der Waals surface area contributed by atoms with E-state index in [4.69, 9.17) is 0 Å². The van der Waals surface area contributed by atoms with Crippen LogP contribution in [-0.2, 0) is 6.42 Å². The first-order valence-electron chi connectivity index (χ1n) is 7.68. The van der Waals surface area contributed by atoms with Crippen LogP contribution in [-0.4, -0.2) is 26.5 Å². The molecule has 0 atom stereocenters. The summed E-state index contributed by atoms with van der Waals surface area (Å²) in [5, 5.41) is 2.99. The van der Waals surface area contributed by atoms with Crippen LogP contribution in [0.25, 0.3) is 0 Å². The summed E-state index contributed by atoms with van der Waals surface area (Å²) in [6.45, 7) is 2.66. The molecule has 0 aliphatic carbocycles. The zero-order valence-corrected chi connectivity index (χ0v) is 13.6. The summed E-state index contributed by atoms with van der Waals surface area (Å²) in [6.07, 6.45) is 1.92. The van der Waals surface area contributed by atoms with Crippen molar-refractivity contribution >= 4 is 11.6 Å². The molecule has 2 rings (SSSR count). The van der Waals surface area contributed by atoms with Crippen LogP contribution in [0.4, 0.5) is 5.69 Å². The van der Waals surface area contributed by atoms with Crippen molar-refractivity contribution in [3.8, 4) is 0 Å². The summed E-state index contributed by atoms with van der Waals surface area (Å²) in [7, 11) is 4.08. The Hall–Kier alpha value is -2.29. The highest BCUT2D eigenvalue weighted by Crippen LogP contribution is 2.13. The van der Waals surface area contributed by atoms with E-state index in [0.717, 1.165) is 24.0 Å². The molecule has 0 bridgehead atoms. The average Bonchev–Trinajstić information content (AvgIpc) is 2.52. The van der Waals surface area contributed by atoms with Crippen LogP contribution in [0.15, 0.2) is 48.5 Å². The van der Waals surface area contributed by atoms with Crippen LogP contribution < -0.4 is 10.2 Å². The molecule has 0 aliphatic rings. The molecular formula is C19H24N2O. The smallest absolute Gasteiger partial charge is 0.251 e. The maximum atomic E-state index is 12.1. The second-order valence-electron chi connectivity index (χ2n) is 5.74. The molecule has 116 valence electrons. The van der Waals surface area contributed by atoms with Gasteiger partial charge in [0.1, 0.15) is 0 Å². The second kappa shape index (κ2) is 7.64. The molecule has 0 aliphatic heterocycles. The quantitative estimate of drug-likeness (QED) is 0.828. The van der Waals surface area contributed by atoms with Crippen molar-refractivity contribution in [2.45, 2.75) is 19.8 Å². The van der Waals surface area contributed by atoms with Crippen LogP contribution in [0.1, 0.15) is 27.9 Å². The van der Waals surface area contributed by atoms with Gasteiger partial charge in [0.05, 0.1) is 0 Å². The molecule has 0 aromatic heterocycles. The molecule has 0 radical (unpaired) electrons. The highest BCUT2D eigenvalue weighted by Gasteiger charge is 2.06. The van der Waals surface area contributed by atoms with Crippen LogP contribution in [0.5, 0.6) is 0 Å². The Balaban J connectivity index is 1.77. The van der Waals surface area contributed by atoms with Gasteiger partial charge in [-0.1, -0.05) is 30.3 Å². The predicted octanol–water partition coefficient (Wildman–Crippen LogP) is 3.42. The topological polar surface area (TPSA) is 32.3 Å². The summed E-state index contributed by atoms with van der Waals surface area (Å²) in [6, 6.07) is 16.2. The summed E-state index contributed by atoms with van der Waals surface area (Å²) in [5.74, 6) is 0.0149. The van der Waals surface area contributed by atoms with Gasteiger partial charge in [0, 0.05) is 31.9 Å². The summed E-state index contributed by atoms with van der Waals surface area (Å²) in [5.41, 5.74) is 4.28. The van der Waals surface area contributed by atoms with Crippen LogP contribution in [0.2, 0.25) is 0 Å². The Labute approximate surface area is 133 Å². The fraction of sp³-hybridized carbons (Fsp3) is 0.316. The van der Waals surface area contributed by atoms with E-state index in [1.165, 1.54) is 11.3 Å². The first-order valence-corrected chi connectivity index (χ1v) is 7.68. The van der Waals surface area contributed by atoms with Gasteiger partial charge >= 0.3 is 0 Å². The third-order valence-electron chi connectivity index (χ3n) is 3.77. The Morgan fingerprint density at radius 3 is 2.36 bits per heavy atom. The van der Waals surface area contributed by atoms with E-state index in [0.29, 0.717) is 6.54 Å². The minimum Gasteiger partial charge on any atom is -0.378 e. The number of hydrogen-bond acceptors (Lipinski definition) is 2. The highest BCUT2D eigenvalue weighted by atomic mass is 16.1. The molecule has 1 N–H and O–H groups in total. The normalized spacial score (nSPS) is 10.3. The standard InChI is InChI=1S/C19H24N2O/c1-15-7-4-5-9-18(15)19(22)20-14-6-8-16-10-12-17(13-11-16)21(2)3/h4-5,7,9-13H,6,8,14H2,1-3H3,(H,20,22). The zero-order chi connectivity index (χ0) is 15.9. The van der Waals surface area contributed by atoms with Gasteiger partial charge in [-0.25, -0.2) is 0 Å². The number of anilines is 1. The summed E-state index contributed by atoms with van der Waals surface area (Å²) in [4.78, 5) is 14.2. The van der Waals surface area contributed by atoms with Gasteiger partial charge < -0.3 is 10.2 Å². The first-order chi connectivity index (χ1) is 10.6. The van der Waals surface area contributed by atoms with Gasteiger partial charge in [0.2, 0.25) is 0 Å². The highest BCUT2D eigenvalue weighted by molar-refractivity contribution is 5.95. The number of carbonyl (C=O) groups excluding carboxylic acids is 1. The van der Waals surface area contributed by atoms with Gasteiger partial charge in [0.25, 0.3) is 5.91 Å². The predicted molar refractivity (Wildman–Crippen MR) is 92.6 cm³/mol. The number of rotatable bonds is 6. The molecule has 0 heterocycles. The number of nitrogens with zero attached hydrogens (tertiary/aromatic N) is 1. The van der Waals surface area contributed by atoms with Crippen LogP contribution >= 0.6 is 0 Å². The average molecular weight is 296 g/mol. The van der Waals surface area contributed by atoms with Crippen molar-refractivity contribution in [2.24, 2.45) is 0 Å². The van der Waals surface area contributed by atoms with Crippen molar-refractivity contribution in [2.75, 3.05) is 25.5 Å². The minimum atomic E-state index is 0.0149. The number of aryl methyl sites for hydroxylation is 2. The molecule has 0 saturated heterocycles. The first kappa shape index (κ1) is 16.1. The van der Waals surface area contributed by atoms with E-state index >= 15 is 0 Å². The van der Waals surface area contributed by atoms with E-state index in [1.807, 2.05) is 45.3 Å². The number of nitrogens with one attached hydrogen (secondary N) is 1. The molecule has 2 aromatic carbocycles. The number of hydrogen-bond donors (Lipinski definition) is 1. The fourth-order valence-corrected chi connectivity index (χ4v) is 2.38. The van der Waals surface area contributed by atoms with Gasteiger partial charge in [-0.05, 0) is 49.1 Å². The van der Waals surface area contributed by atoms with Gasteiger partial charge in [0.15, 0.2) is 0 Å². The van der Waals surface area contributed by atoms with Gasteiger partial charge in [-0.15, -0.1) is 0 Å². The minimum absolute atomic E-state index is 0.0149. The van der Waals surface area contributed by atoms with Crippen molar-refractivity contribution in [1.29, 1.82) is 0 Å². The van der Waals surface area contributed by atoms with Gasteiger partial charge in [-0.2, -0.15) is 0 Å². The lowest BCUT2D eigenvalue weighted by Crippen LogP contribution is -2.25. The van der Waals surface area contributed by atoms with E-state index < -0.39 is 0 Å². The molecule has 22 heavy (non-hydrogen) atoms. The molecule has 0 fully saturated rings. The third kappa shape index (κ3) is 4.35. The van der Waals surface area contributed by atoms with Gasteiger partial charge in [-0.3, -0.25) is 4.79 Å². The van der Waals surface area contributed by atoms with E-state index in [-0.39, 0.29) is 5.91 Å². The fourth-order valence-electron chi connectivity index (χ4n) is 2.38. The Morgan fingerprint density at radius 2 is 1.73 bits per heavy atom. The van der Waals surface area contributed by atoms with Crippen LogP contribution in [0.3, 0.4) is 0 Å². The summed E-state index contributed by atoms with van der Waals surface area (Å²) < 4.78 is 0. The Kier molecular flexibility index (Phi) is 5.59. The lowest BCUT2D eigenvalue weighted by atomic mass is 10.1.